The second kappa shape index (κ2) is 12.9. The summed E-state index contributed by atoms with van der Waals surface area (Å²) in [5.74, 6) is 0.973. The van der Waals surface area contributed by atoms with Crippen LogP contribution in [0.25, 0.3) is 5.65 Å². The first kappa shape index (κ1) is 30.2. The van der Waals surface area contributed by atoms with Crippen molar-refractivity contribution in [1.29, 1.82) is 0 Å². The number of nitrogens with zero attached hydrogens (tertiary/aromatic N) is 6. The molecule has 226 valence electrons. The van der Waals surface area contributed by atoms with Gasteiger partial charge in [-0.25, -0.2) is 19.3 Å². The van der Waals surface area contributed by atoms with Crippen LogP contribution in [0.2, 0.25) is 0 Å². The number of carboxylic acid groups (broad SMARTS) is 1. The van der Waals surface area contributed by atoms with Crippen LogP contribution in [-0.4, -0.2) is 76.2 Å². The molecule has 5 heterocycles. The van der Waals surface area contributed by atoms with Crippen LogP contribution in [0.3, 0.4) is 0 Å². The third-order valence-corrected chi connectivity index (χ3v) is 8.63. The van der Waals surface area contributed by atoms with Gasteiger partial charge in [0.05, 0.1) is 23.1 Å². The number of pyridine rings is 2. The molecule has 3 fully saturated rings. The molecule has 1 aliphatic carbocycles. The van der Waals surface area contributed by atoms with Crippen LogP contribution in [0, 0.1) is 25.2 Å². The highest BCUT2D eigenvalue weighted by atomic mass is 16.4. The van der Waals surface area contributed by atoms with E-state index in [-0.39, 0.29) is 11.4 Å². The summed E-state index contributed by atoms with van der Waals surface area (Å²) in [6, 6.07) is 18.3. The summed E-state index contributed by atoms with van der Waals surface area (Å²) >= 11 is 0. The van der Waals surface area contributed by atoms with Gasteiger partial charge in [0.1, 0.15) is 5.82 Å². The predicted octanol–water partition coefficient (Wildman–Crippen LogP) is 4.66. The number of benzene rings is 1. The van der Waals surface area contributed by atoms with Gasteiger partial charge in [0.15, 0.2) is 11.9 Å². The fourth-order valence-electron chi connectivity index (χ4n) is 6.25. The van der Waals surface area contributed by atoms with E-state index in [0.29, 0.717) is 23.4 Å². The van der Waals surface area contributed by atoms with Crippen molar-refractivity contribution in [3.05, 3.63) is 83.4 Å². The molecule has 0 radical (unpaired) electrons. The molecule has 1 aromatic carbocycles. The lowest BCUT2D eigenvalue weighted by atomic mass is 9.60. The lowest BCUT2D eigenvalue weighted by Crippen LogP contribution is -2.66. The van der Waals surface area contributed by atoms with Gasteiger partial charge in [-0.05, 0) is 69.8 Å². The molecule has 43 heavy (non-hydrogen) atoms. The highest BCUT2D eigenvalue weighted by Crippen LogP contribution is 2.49. The van der Waals surface area contributed by atoms with Crippen molar-refractivity contribution < 1.29 is 14.7 Å². The Hall–Kier alpha value is -4.31. The zero-order valence-corrected chi connectivity index (χ0v) is 25.4. The number of nitrogens with one attached hydrogen (secondary N) is 1. The molecular formula is C33H41N7O3. The summed E-state index contributed by atoms with van der Waals surface area (Å²) in [5, 5.41) is 16.5. The second-order valence-electron chi connectivity index (χ2n) is 12.1. The molecule has 2 saturated heterocycles. The third kappa shape index (κ3) is 6.85. The zero-order valence-electron chi connectivity index (χ0n) is 25.4. The molecular weight excluding hydrogens is 542 g/mol. The molecule has 3 aliphatic rings. The van der Waals surface area contributed by atoms with E-state index < -0.39 is 5.97 Å². The smallest absolute Gasteiger partial charge is 0.337 e. The third-order valence-electron chi connectivity index (χ3n) is 8.63. The van der Waals surface area contributed by atoms with Crippen molar-refractivity contribution >= 4 is 29.4 Å². The molecule has 1 unspecified atom stereocenters. The van der Waals surface area contributed by atoms with E-state index in [2.05, 4.69) is 43.2 Å². The molecule has 1 saturated carbocycles. The Balaban J connectivity index is 0.000000144. The first-order valence-electron chi connectivity index (χ1n) is 14.9. The minimum atomic E-state index is -0.910. The van der Waals surface area contributed by atoms with Crippen LogP contribution < -0.4 is 15.1 Å². The van der Waals surface area contributed by atoms with Gasteiger partial charge < -0.3 is 20.2 Å². The molecule has 7 rings (SSSR count). The number of rotatable bonds is 5. The molecule has 10 heteroatoms. The summed E-state index contributed by atoms with van der Waals surface area (Å²) in [6.07, 6.45) is 6.36. The predicted molar refractivity (Wildman–Crippen MR) is 168 cm³/mol. The van der Waals surface area contributed by atoms with Crippen molar-refractivity contribution in [1.82, 2.24) is 24.9 Å². The number of hydrogen-bond donors (Lipinski definition) is 2. The standard InChI is InChI=1S/C14H19N3O2.C13H16N4O.C6H6/c1-9-11(13(18)19)3-4-12(16-9)17-7-14(8-17)5-10(6-14)15-2;1-9-3-4-16(6-9)11-5-10(2)13-14-12(8-18)15-17(13)7-11;1-2-4-6-5-3-1/h3-4,10,15H,5-8H2,1-2H3,(H,18,19);5,7-9H,3-4,6H2,1-2H3;1-6H. The monoisotopic (exact) mass is 583 g/mol. The van der Waals surface area contributed by atoms with Gasteiger partial charge in [-0.15, -0.1) is 5.10 Å². The molecule has 1 atom stereocenters. The number of carbonyl (C=O) groups is 2. The van der Waals surface area contributed by atoms with Crippen LogP contribution in [-0.2, 0) is 0 Å². The van der Waals surface area contributed by atoms with Gasteiger partial charge in [0.2, 0.25) is 5.82 Å². The van der Waals surface area contributed by atoms with Crippen molar-refractivity contribution in [2.24, 2.45) is 11.3 Å². The Morgan fingerprint density at radius 2 is 1.72 bits per heavy atom. The van der Waals surface area contributed by atoms with Crippen molar-refractivity contribution in [2.75, 3.05) is 43.0 Å². The van der Waals surface area contributed by atoms with Crippen molar-refractivity contribution in [3.63, 3.8) is 0 Å². The van der Waals surface area contributed by atoms with Crippen LogP contribution in [0.1, 0.15) is 58.4 Å². The Bertz CT molecular complexity index is 1530. The minimum Gasteiger partial charge on any atom is -0.478 e. The number of carboxylic acids is 1. The maximum atomic E-state index is 11.0. The van der Waals surface area contributed by atoms with E-state index in [1.807, 2.05) is 62.6 Å². The first-order valence-corrected chi connectivity index (χ1v) is 14.9. The van der Waals surface area contributed by atoms with E-state index in [1.54, 1.807) is 17.5 Å². The minimum absolute atomic E-state index is 0.241. The Labute approximate surface area is 252 Å². The van der Waals surface area contributed by atoms with E-state index in [1.165, 1.54) is 19.3 Å². The lowest BCUT2D eigenvalue weighted by molar-refractivity contribution is 0.0515. The fraction of sp³-hybridized carbons (Fsp3) is 0.424. The molecule has 1 spiro atoms. The van der Waals surface area contributed by atoms with E-state index in [4.69, 9.17) is 5.11 Å². The second-order valence-corrected chi connectivity index (χ2v) is 12.1. The Morgan fingerprint density at radius 1 is 1.05 bits per heavy atom. The molecule has 3 aromatic heterocycles. The van der Waals surface area contributed by atoms with Crippen LogP contribution in [0.5, 0.6) is 0 Å². The first-order chi connectivity index (χ1) is 20.7. The number of aldehydes is 1. The number of aromatic nitrogens is 4. The number of carbonyl (C=O) groups excluding carboxylic acids is 1. The average molecular weight is 584 g/mol. The highest BCUT2D eigenvalue weighted by molar-refractivity contribution is 5.89. The summed E-state index contributed by atoms with van der Waals surface area (Å²) in [6.45, 7) is 10.3. The summed E-state index contributed by atoms with van der Waals surface area (Å²) in [5.41, 5.74) is 4.33. The Kier molecular flexibility index (Phi) is 9.05. The number of aryl methyl sites for hydroxylation is 2. The number of anilines is 2. The van der Waals surface area contributed by atoms with Crippen LogP contribution >= 0.6 is 0 Å². The molecule has 2 aliphatic heterocycles. The normalized spacial score (nSPS) is 18.7. The number of fused-ring (bicyclic) bond motifs is 1. The van der Waals surface area contributed by atoms with Crippen molar-refractivity contribution in [2.45, 2.75) is 46.1 Å². The molecule has 0 bridgehead atoms. The molecule has 2 N–H and O–H groups in total. The number of hydrogen-bond acceptors (Lipinski definition) is 8. The van der Waals surface area contributed by atoms with Gasteiger partial charge in [-0.2, -0.15) is 0 Å². The summed E-state index contributed by atoms with van der Waals surface area (Å²) in [4.78, 5) is 34.9. The SMILES string of the molecule is CNC1CC2(C1)CN(c1ccc(C(=O)O)c(C)n1)C2.Cc1cc(N2CCC(C)C2)cn2nc(C=O)nc12.c1ccccc1. The quantitative estimate of drug-likeness (QED) is 0.324. The van der Waals surface area contributed by atoms with Crippen LogP contribution in [0.15, 0.2) is 60.8 Å². The maximum Gasteiger partial charge on any atom is 0.337 e. The largest absolute Gasteiger partial charge is 0.478 e. The summed E-state index contributed by atoms with van der Waals surface area (Å²) < 4.78 is 1.71. The topological polar surface area (TPSA) is 116 Å². The van der Waals surface area contributed by atoms with Gasteiger partial charge in [0, 0.05) is 37.6 Å². The van der Waals surface area contributed by atoms with Gasteiger partial charge in [-0.3, -0.25) is 4.79 Å². The molecule has 4 aromatic rings. The van der Waals surface area contributed by atoms with E-state index in [0.717, 1.165) is 54.8 Å². The molecule has 0 amide bonds. The lowest BCUT2D eigenvalue weighted by Gasteiger charge is -2.59. The van der Waals surface area contributed by atoms with E-state index in [9.17, 15) is 9.59 Å². The van der Waals surface area contributed by atoms with Gasteiger partial charge in [0.25, 0.3) is 0 Å². The van der Waals surface area contributed by atoms with Crippen LogP contribution in [0.4, 0.5) is 11.5 Å². The fourth-order valence-corrected chi connectivity index (χ4v) is 6.25. The van der Waals surface area contributed by atoms with E-state index >= 15 is 0 Å². The average Bonchev–Trinajstić information content (AvgIpc) is 3.60. The van der Waals surface area contributed by atoms with Crippen molar-refractivity contribution in [3.8, 4) is 0 Å². The van der Waals surface area contributed by atoms with Gasteiger partial charge in [-0.1, -0.05) is 43.3 Å². The highest BCUT2D eigenvalue weighted by Gasteiger charge is 2.52. The zero-order chi connectivity index (χ0) is 30.6. The summed E-state index contributed by atoms with van der Waals surface area (Å²) in [7, 11) is 2.02. The maximum absolute atomic E-state index is 11.0. The van der Waals surface area contributed by atoms with Gasteiger partial charge >= 0.3 is 5.97 Å². The Morgan fingerprint density at radius 3 is 2.26 bits per heavy atom. The number of aromatic carboxylic acids is 1. The molecule has 10 nitrogen and oxygen atoms in total.